The summed E-state index contributed by atoms with van der Waals surface area (Å²) in [4.78, 5) is 24.2. The van der Waals surface area contributed by atoms with E-state index in [9.17, 15) is 9.59 Å². The number of aliphatic hydroxyl groups is 1. The Morgan fingerprint density at radius 1 is 0.917 bits per heavy atom. The highest BCUT2D eigenvalue weighted by molar-refractivity contribution is 5.99. The largest absolute Gasteiger partial charge is 0.454 e. The molecule has 2 aromatic rings. The van der Waals surface area contributed by atoms with Crippen molar-refractivity contribution in [1.82, 2.24) is 0 Å². The second-order valence-corrected chi connectivity index (χ2v) is 6.04. The number of benzene rings is 2. The minimum absolute atomic E-state index is 0.0772. The van der Waals surface area contributed by atoms with Crippen molar-refractivity contribution in [2.75, 3.05) is 6.61 Å². The standard InChI is InChI=1S/C20H20O4/c21-12-14-5-7-16(8-6-14)20(23)24-13-19(22)18-10-9-15-3-1-2-4-17(15)11-18/h5-11,21H,1-4,12-13H2. The molecule has 0 saturated heterocycles. The lowest BCUT2D eigenvalue weighted by Gasteiger charge is -2.16. The number of carbonyl (C=O) groups is 2. The fraction of sp³-hybridized carbons (Fsp3) is 0.300. The average molecular weight is 324 g/mol. The molecule has 0 bridgehead atoms. The van der Waals surface area contributed by atoms with E-state index in [2.05, 4.69) is 0 Å². The molecule has 1 aliphatic rings. The Morgan fingerprint density at radius 2 is 1.58 bits per heavy atom. The van der Waals surface area contributed by atoms with Crippen molar-refractivity contribution in [2.45, 2.75) is 32.3 Å². The summed E-state index contributed by atoms with van der Waals surface area (Å²) in [6, 6.07) is 12.2. The van der Waals surface area contributed by atoms with E-state index in [0.29, 0.717) is 11.1 Å². The van der Waals surface area contributed by atoms with Crippen LogP contribution >= 0.6 is 0 Å². The highest BCUT2D eigenvalue weighted by atomic mass is 16.5. The van der Waals surface area contributed by atoms with Crippen LogP contribution in [-0.2, 0) is 24.2 Å². The van der Waals surface area contributed by atoms with Crippen LogP contribution in [0.3, 0.4) is 0 Å². The molecule has 0 radical (unpaired) electrons. The molecule has 4 heteroatoms. The second kappa shape index (κ2) is 7.41. The Labute approximate surface area is 141 Å². The van der Waals surface area contributed by atoms with Gasteiger partial charge in [-0.05, 0) is 60.6 Å². The van der Waals surface area contributed by atoms with Gasteiger partial charge in [0.15, 0.2) is 12.4 Å². The lowest BCUT2D eigenvalue weighted by Crippen LogP contribution is -2.15. The van der Waals surface area contributed by atoms with Gasteiger partial charge in [0.05, 0.1) is 12.2 Å². The number of aliphatic hydroxyl groups excluding tert-OH is 1. The summed E-state index contributed by atoms with van der Waals surface area (Å²) < 4.78 is 5.11. The Kier molecular flexibility index (Phi) is 5.06. The summed E-state index contributed by atoms with van der Waals surface area (Å²) in [5.74, 6) is -0.727. The molecule has 0 unspecified atom stereocenters. The van der Waals surface area contributed by atoms with Crippen LogP contribution in [0.1, 0.15) is 50.2 Å². The van der Waals surface area contributed by atoms with Gasteiger partial charge in [0.2, 0.25) is 0 Å². The Hall–Kier alpha value is -2.46. The van der Waals surface area contributed by atoms with Crippen LogP contribution in [0.15, 0.2) is 42.5 Å². The van der Waals surface area contributed by atoms with Crippen LogP contribution < -0.4 is 0 Å². The van der Waals surface area contributed by atoms with Gasteiger partial charge in [-0.3, -0.25) is 4.79 Å². The van der Waals surface area contributed by atoms with Crippen molar-refractivity contribution in [3.8, 4) is 0 Å². The number of carbonyl (C=O) groups excluding carboxylic acids is 2. The lowest BCUT2D eigenvalue weighted by atomic mass is 9.90. The van der Waals surface area contributed by atoms with Gasteiger partial charge in [-0.15, -0.1) is 0 Å². The Bertz CT molecular complexity index is 747. The molecule has 0 amide bonds. The number of ketones is 1. The maximum Gasteiger partial charge on any atom is 0.338 e. The van der Waals surface area contributed by atoms with Crippen LogP contribution in [0.25, 0.3) is 0 Å². The highest BCUT2D eigenvalue weighted by Crippen LogP contribution is 2.22. The molecule has 1 aliphatic carbocycles. The molecular weight excluding hydrogens is 304 g/mol. The van der Waals surface area contributed by atoms with Crippen molar-refractivity contribution in [1.29, 1.82) is 0 Å². The fourth-order valence-electron chi connectivity index (χ4n) is 2.95. The van der Waals surface area contributed by atoms with E-state index in [1.165, 1.54) is 17.5 Å². The molecule has 0 aliphatic heterocycles. The van der Waals surface area contributed by atoms with Crippen LogP contribution in [0.5, 0.6) is 0 Å². The van der Waals surface area contributed by atoms with Crippen molar-refractivity contribution in [3.63, 3.8) is 0 Å². The molecule has 0 aromatic heterocycles. The summed E-state index contributed by atoms with van der Waals surface area (Å²) in [5.41, 5.74) is 4.23. The van der Waals surface area contributed by atoms with Crippen LogP contribution in [0, 0.1) is 0 Å². The normalized spacial score (nSPS) is 13.2. The van der Waals surface area contributed by atoms with Crippen LogP contribution in [0.2, 0.25) is 0 Å². The summed E-state index contributed by atoms with van der Waals surface area (Å²) >= 11 is 0. The Morgan fingerprint density at radius 3 is 2.29 bits per heavy atom. The van der Waals surface area contributed by atoms with E-state index in [0.717, 1.165) is 24.8 Å². The SMILES string of the molecule is O=C(COC(=O)c1ccc(CO)cc1)c1ccc2c(c1)CCCC2. The minimum Gasteiger partial charge on any atom is -0.454 e. The van der Waals surface area contributed by atoms with E-state index in [1.807, 2.05) is 18.2 Å². The molecule has 124 valence electrons. The summed E-state index contributed by atoms with van der Waals surface area (Å²) in [6.45, 7) is -0.342. The maximum absolute atomic E-state index is 12.3. The molecule has 2 aromatic carbocycles. The first-order valence-corrected chi connectivity index (χ1v) is 8.19. The summed E-state index contributed by atoms with van der Waals surface area (Å²) in [6.07, 6.45) is 4.44. The molecule has 4 nitrogen and oxygen atoms in total. The summed E-state index contributed by atoms with van der Waals surface area (Å²) in [5, 5.41) is 8.99. The van der Waals surface area contributed by atoms with Crippen LogP contribution in [0.4, 0.5) is 0 Å². The van der Waals surface area contributed by atoms with Gasteiger partial charge in [0.25, 0.3) is 0 Å². The van der Waals surface area contributed by atoms with Gasteiger partial charge in [-0.1, -0.05) is 24.3 Å². The van der Waals surface area contributed by atoms with Crippen molar-refractivity contribution in [2.24, 2.45) is 0 Å². The second-order valence-electron chi connectivity index (χ2n) is 6.04. The number of aryl methyl sites for hydroxylation is 2. The Balaban J connectivity index is 1.61. The number of hydrogen-bond donors (Lipinski definition) is 1. The predicted octanol–water partition coefficient (Wildman–Crippen LogP) is 3.10. The van der Waals surface area contributed by atoms with E-state index < -0.39 is 5.97 Å². The molecule has 24 heavy (non-hydrogen) atoms. The lowest BCUT2D eigenvalue weighted by molar-refractivity contribution is 0.0474. The topological polar surface area (TPSA) is 63.6 Å². The smallest absolute Gasteiger partial charge is 0.338 e. The number of fused-ring (bicyclic) bond motifs is 1. The quantitative estimate of drug-likeness (QED) is 0.678. The first kappa shape index (κ1) is 16.4. The minimum atomic E-state index is -0.536. The first-order valence-electron chi connectivity index (χ1n) is 8.19. The number of Topliss-reactive ketones (excluding diaryl/α,β-unsaturated/α-hetero) is 1. The maximum atomic E-state index is 12.3. The van der Waals surface area contributed by atoms with Crippen molar-refractivity contribution >= 4 is 11.8 Å². The van der Waals surface area contributed by atoms with Crippen molar-refractivity contribution in [3.05, 3.63) is 70.3 Å². The van der Waals surface area contributed by atoms with E-state index >= 15 is 0 Å². The van der Waals surface area contributed by atoms with Gasteiger partial charge < -0.3 is 9.84 Å². The molecule has 0 saturated carbocycles. The number of ether oxygens (including phenoxy) is 1. The van der Waals surface area contributed by atoms with Gasteiger partial charge >= 0.3 is 5.97 Å². The van der Waals surface area contributed by atoms with Gasteiger partial charge in [0.1, 0.15) is 0 Å². The average Bonchev–Trinajstić information content (AvgIpc) is 2.65. The molecule has 0 spiro atoms. The summed E-state index contributed by atoms with van der Waals surface area (Å²) in [7, 11) is 0. The van der Waals surface area contributed by atoms with Gasteiger partial charge in [0, 0.05) is 5.56 Å². The fourth-order valence-corrected chi connectivity index (χ4v) is 2.95. The molecule has 1 N–H and O–H groups in total. The van der Waals surface area contributed by atoms with Gasteiger partial charge in [-0.25, -0.2) is 4.79 Å². The molecule has 3 rings (SSSR count). The number of rotatable bonds is 5. The first-order chi connectivity index (χ1) is 11.7. The van der Waals surface area contributed by atoms with E-state index in [-0.39, 0.29) is 19.0 Å². The zero-order valence-electron chi connectivity index (χ0n) is 13.5. The molecular formula is C20H20O4. The number of hydrogen-bond acceptors (Lipinski definition) is 4. The third-order valence-electron chi connectivity index (χ3n) is 4.38. The van der Waals surface area contributed by atoms with Gasteiger partial charge in [-0.2, -0.15) is 0 Å². The van der Waals surface area contributed by atoms with E-state index in [4.69, 9.17) is 9.84 Å². The zero-order valence-corrected chi connectivity index (χ0v) is 13.5. The molecule has 0 fully saturated rings. The third-order valence-corrected chi connectivity index (χ3v) is 4.38. The van der Waals surface area contributed by atoms with Crippen molar-refractivity contribution < 1.29 is 19.4 Å². The zero-order chi connectivity index (χ0) is 16.9. The molecule has 0 heterocycles. The monoisotopic (exact) mass is 324 g/mol. The van der Waals surface area contributed by atoms with Crippen LogP contribution in [-0.4, -0.2) is 23.5 Å². The number of esters is 1. The highest BCUT2D eigenvalue weighted by Gasteiger charge is 2.15. The third kappa shape index (κ3) is 3.71. The molecule has 0 atom stereocenters. The van der Waals surface area contributed by atoms with E-state index in [1.54, 1.807) is 24.3 Å². The predicted molar refractivity (Wildman–Crippen MR) is 90.1 cm³/mol.